The molecule has 1 fully saturated rings. The van der Waals surface area contributed by atoms with E-state index in [1.807, 2.05) is 0 Å². The fourth-order valence-electron chi connectivity index (χ4n) is 2.46. The normalized spacial score (nSPS) is 17.8. The maximum atomic E-state index is 4.86. The SMILES string of the molecule is CC(C)(c1nc(-c2ccsc2)cs1)N1CCNCC1. The Morgan fingerprint density at radius 1 is 1.26 bits per heavy atom. The van der Waals surface area contributed by atoms with Crippen LogP contribution in [0.1, 0.15) is 18.9 Å². The topological polar surface area (TPSA) is 28.2 Å². The molecule has 0 radical (unpaired) electrons. The molecule has 0 atom stereocenters. The van der Waals surface area contributed by atoms with Gasteiger partial charge in [-0.25, -0.2) is 4.98 Å². The molecule has 0 aliphatic carbocycles. The monoisotopic (exact) mass is 293 g/mol. The van der Waals surface area contributed by atoms with E-state index in [0.29, 0.717) is 0 Å². The summed E-state index contributed by atoms with van der Waals surface area (Å²) in [5.41, 5.74) is 2.38. The fourth-order valence-corrected chi connectivity index (χ4v) is 4.09. The summed E-state index contributed by atoms with van der Waals surface area (Å²) in [6, 6.07) is 2.14. The van der Waals surface area contributed by atoms with Crippen LogP contribution in [0.25, 0.3) is 11.3 Å². The first-order valence-corrected chi connectivity index (χ1v) is 8.44. The van der Waals surface area contributed by atoms with Crippen LogP contribution in [-0.4, -0.2) is 36.1 Å². The summed E-state index contributed by atoms with van der Waals surface area (Å²) in [5.74, 6) is 0. The second-order valence-electron chi connectivity index (χ2n) is 5.35. The number of piperazine rings is 1. The van der Waals surface area contributed by atoms with Crippen molar-refractivity contribution < 1.29 is 0 Å². The lowest BCUT2D eigenvalue weighted by Gasteiger charge is -2.39. The van der Waals surface area contributed by atoms with Crippen LogP contribution in [0.4, 0.5) is 0 Å². The summed E-state index contributed by atoms with van der Waals surface area (Å²) >= 11 is 3.51. The minimum atomic E-state index is 0.0288. The molecule has 0 aromatic carbocycles. The summed E-state index contributed by atoms with van der Waals surface area (Å²) in [7, 11) is 0. The zero-order valence-electron chi connectivity index (χ0n) is 11.3. The summed E-state index contributed by atoms with van der Waals surface area (Å²) in [4.78, 5) is 7.39. The molecule has 0 bridgehead atoms. The molecule has 2 aromatic heterocycles. The molecule has 1 N–H and O–H groups in total. The van der Waals surface area contributed by atoms with Gasteiger partial charge in [0.1, 0.15) is 5.01 Å². The lowest BCUT2D eigenvalue weighted by molar-refractivity contribution is 0.102. The van der Waals surface area contributed by atoms with Gasteiger partial charge in [0, 0.05) is 42.5 Å². The van der Waals surface area contributed by atoms with E-state index in [4.69, 9.17) is 4.98 Å². The van der Waals surface area contributed by atoms with E-state index in [0.717, 1.165) is 31.9 Å². The Labute approximate surface area is 122 Å². The predicted molar refractivity (Wildman–Crippen MR) is 82.9 cm³/mol. The molecule has 1 aliphatic heterocycles. The van der Waals surface area contributed by atoms with E-state index in [2.05, 4.69) is 46.3 Å². The van der Waals surface area contributed by atoms with Gasteiger partial charge in [0.25, 0.3) is 0 Å². The Bertz CT molecular complexity index is 525. The summed E-state index contributed by atoms with van der Waals surface area (Å²) in [5, 5.41) is 11.1. The van der Waals surface area contributed by atoms with Crippen molar-refractivity contribution in [1.82, 2.24) is 15.2 Å². The van der Waals surface area contributed by atoms with Crippen molar-refractivity contribution in [3.05, 3.63) is 27.2 Å². The highest BCUT2D eigenvalue weighted by atomic mass is 32.1. The first-order chi connectivity index (χ1) is 9.18. The number of rotatable bonds is 3. The highest BCUT2D eigenvalue weighted by Crippen LogP contribution is 2.33. The van der Waals surface area contributed by atoms with E-state index >= 15 is 0 Å². The number of thiophene rings is 1. The quantitative estimate of drug-likeness (QED) is 0.943. The molecule has 102 valence electrons. The maximum Gasteiger partial charge on any atom is 0.113 e. The number of hydrogen-bond donors (Lipinski definition) is 1. The molecular weight excluding hydrogens is 274 g/mol. The fraction of sp³-hybridized carbons (Fsp3) is 0.500. The van der Waals surface area contributed by atoms with Crippen molar-refractivity contribution in [2.45, 2.75) is 19.4 Å². The van der Waals surface area contributed by atoms with Gasteiger partial charge in [0.15, 0.2) is 0 Å². The average Bonchev–Trinajstić information content (AvgIpc) is 3.10. The third-order valence-electron chi connectivity index (χ3n) is 3.75. The molecule has 0 saturated carbocycles. The van der Waals surface area contributed by atoms with Gasteiger partial charge in [-0.05, 0) is 25.3 Å². The second kappa shape index (κ2) is 5.32. The smallest absolute Gasteiger partial charge is 0.113 e. The standard InChI is InChI=1S/C14H19N3S2/c1-14(2,17-6-4-15-5-7-17)13-16-12(10-19-13)11-3-8-18-9-11/h3,8-10,15H,4-7H2,1-2H3. The van der Waals surface area contributed by atoms with Crippen molar-refractivity contribution >= 4 is 22.7 Å². The van der Waals surface area contributed by atoms with Gasteiger partial charge in [-0.15, -0.1) is 11.3 Å². The minimum Gasteiger partial charge on any atom is -0.314 e. The highest BCUT2D eigenvalue weighted by Gasteiger charge is 2.32. The molecule has 3 rings (SSSR count). The predicted octanol–water partition coefficient (Wildman–Crippen LogP) is 3.01. The second-order valence-corrected chi connectivity index (χ2v) is 6.98. The van der Waals surface area contributed by atoms with Crippen LogP contribution in [0.2, 0.25) is 0 Å². The highest BCUT2D eigenvalue weighted by molar-refractivity contribution is 7.10. The molecular formula is C14H19N3S2. The Morgan fingerprint density at radius 2 is 2.05 bits per heavy atom. The van der Waals surface area contributed by atoms with Crippen molar-refractivity contribution in [2.24, 2.45) is 0 Å². The van der Waals surface area contributed by atoms with Crippen LogP contribution in [-0.2, 0) is 5.54 Å². The number of nitrogens with zero attached hydrogens (tertiary/aromatic N) is 2. The van der Waals surface area contributed by atoms with Gasteiger partial charge < -0.3 is 5.32 Å². The van der Waals surface area contributed by atoms with Gasteiger partial charge >= 0.3 is 0 Å². The van der Waals surface area contributed by atoms with Gasteiger partial charge in [0.05, 0.1) is 11.2 Å². The van der Waals surface area contributed by atoms with E-state index in [-0.39, 0.29) is 5.54 Å². The molecule has 3 heterocycles. The van der Waals surface area contributed by atoms with E-state index < -0.39 is 0 Å². The third kappa shape index (κ3) is 2.60. The zero-order chi connectivity index (χ0) is 13.3. The first-order valence-electron chi connectivity index (χ1n) is 6.62. The number of aromatic nitrogens is 1. The Morgan fingerprint density at radius 3 is 2.74 bits per heavy atom. The molecule has 1 aliphatic rings. The van der Waals surface area contributed by atoms with Crippen molar-refractivity contribution in [3.63, 3.8) is 0 Å². The van der Waals surface area contributed by atoms with Crippen LogP contribution >= 0.6 is 22.7 Å². The number of nitrogens with one attached hydrogen (secondary N) is 1. The van der Waals surface area contributed by atoms with E-state index in [1.54, 1.807) is 22.7 Å². The summed E-state index contributed by atoms with van der Waals surface area (Å²) in [6.07, 6.45) is 0. The van der Waals surface area contributed by atoms with Crippen molar-refractivity contribution in [3.8, 4) is 11.3 Å². The van der Waals surface area contributed by atoms with Gasteiger partial charge in [-0.2, -0.15) is 11.3 Å². The van der Waals surface area contributed by atoms with Crippen molar-refractivity contribution in [2.75, 3.05) is 26.2 Å². The average molecular weight is 293 g/mol. The van der Waals surface area contributed by atoms with Crippen LogP contribution < -0.4 is 5.32 Å². The van der Waals surface area contributed by atoms with Crippen LogP contribution in [0.5, 0.6) is 0 Å². The zero-order valence-corrected chi connectivity index (χ0v) is 13.0. The van der Waals surface area contributed by atoms with E-state index in [1.165, 1.54) is 10.6 Å². The molecule has 3 nitrogen and oxygen atoms in total. The molecule has 1 saturated heterocycles. The number of thiazole rings is 1. The minimum absolute atomic E-state index is 0.0288. The molecule has 19 heavy (non-hydrogen) atoms. The van der Waals surface area contributed by atoms with Crippen LogP contribution in [0.3, 0.4) is 0 Å². The molecule has 5 heteroatoms. The third-order valence-corrected chi connectivity index (χ3v) is 5.59. The molecule has 0 amide bonds. The van der Waals surface area contributed by atoms with Crippen LogP contribution in [0.15, 0.2) is 22.2 Å². The molecule has 0 spiro atoms. The van der Waals surface area contributed by atoms with Crippen LogP contribution in [0, 0.1) is 0 Å². The number of hydrogen-bond acceptors (Lipinski definition) is 5. The lowest BCUT2D eigenvalue weighted by Crippen LogP contribution is -2.51. The summed E-state index contributed by atoms with van der Waals surface area (Å²) in [6.45, 7) is 8.92. The van der Waals surface area contributed by atoms with Gasteiger partial charge in [-0.3, -0.25) is 4.90 Å². The maximum absolute atomic E-state index is 4.86. The summed E-state index contributed by atoms with van der Waals surface area (Å²) < 4.78 is 0. The van der Waals surface area contributed by atoms with Crippen molar-refractivity contribution in [1.29, 1.82) is 0 Å². The lowest BCUT2D eigenvalue weighted by atomic mass is 10.0. The van der Waals surface area contributed by atoms with Gasteiger partial charge in [0.2, 0.25) is 0 Å². The van der Waals surface area contributed by atoms with E-state index in [9.17, 15) is 0 Å². The largest absolute Gasteiger partial charge is 0.314 e. The Hall–Kier alpha value is -0.750. The first kappa shape index (κ1) is 13.2. The Kier molecular flexibility index (Phi) is 3.71. The van der Waals surface area contributed by atoms with Gasteiger partial charge in [-0.1, -0.05) is 0 Å². The molecule has 0 unspecified atom stereocenters. The molecule has 2 aromatic rings. The Balaban J connectivity index is 1.84.